The molecule has 0 spiro atoms. The van der Waals surface area contributed by atoms with Gasteiger partial charge in [-0.3, -0.25) is 0 Å². The van der Waals surface area contributed by atoms with Crippen molar-refractivity contribution in [3.8, 4) is 11.5 Å². The first-order chi connectivity index (χ1) is 10.6. The molecule has 0 aromatic heterocycles. The number of hydrogen-bond acceptors (Lipinski definition) is 5. The first kappa shape index (κ1) is 14.3. The third-order valence-electron chi connectivity index (χ3n) is 3.64. The van der Waals surface area contributed by atoms with Crippen molar-refractivity contribution in [2.24, 2.45) is 0 Å². The Bertz CT molecular complexity index is 709. The molecule has 5 heteroatoms. The number of rotatable bonds is 4. The Morgan fingerprint density at radius 1 is 1.05 bits per heavy atom. The summed E-state index contributed by atoms with van der Waals surface area (Å²) in [6.45, 7) is 2.02. The van der Waals surface area contributed by atoms with E-state index in [1.807, 2.05) is 37.3 Å². The summed E-state index contributed by atoms with van der Waals surface area (Å²) < 4.78 is 16.0. The molecule has 22 heavy (non-hydrogen) atoms. The van der Waals surface area contributed by atoms with Crippen molar-refractivity contribution in [3.05, 3.63) is 53.1 Å². The summed E-state index contributed by atoms with van der Waals surface area (Å²) in [5, 5.41) is 3.20. The average molecular weight is 299 g/mol. The fraction of sp³-hybridized carbons (Fsp3) is 0.235. The summed E-state index contributed by atoms with van der Waals surface area (Å²) >= 11 is 0. The van der Waals surface area contributed by atoms with Gasteiger partial charge in [0.15, 0.2) is 11.5 Å². The molecule has 1 heterocycles. The highest BCUT2D eigenvalue weighted by Gasteiger charge is 2.35. The molecule has 0 fully saturated rings. The number of ether oxygens (including phenoxy) is 3. The lowest BCUT2D eigenvalue weighted by Gasteiger charge is -2.15. The van der Waals surface area contributed by atoms with Crippen LogP contribution in [0.2, 0.25) is 0 Å². The van der Waals surface area contributed by atoms with Gasteiger partial charge in [0.25, 0.3) is 0 Å². The number of cyclic esters (lactones) is 1. The van der Waals surface area contributed by atoms with Crippen LogP contribution in [-0.4, -0.2) is 20.2 Å². The molecule has 3 rings (SSSR count). The Hall–Kier alpha value is -2.69. The Kier molecular flexibility index (Phi) is 3.63. The minimum atomic E-state index is -0.537. The van der Waals surface area contributed by atoms with Crippen molar-refractivity contribution < 1.29 is 19.0 Å². The standard InChI is InChI=1S/C17H17NO4/c1-10-4-6-11(7-5-10)18-16-12-8-9-13(20-2)15(21-3)14(12)17(19)22-16/h4-9,16,18H,1-3H3/t16-/m1/s1. The Morgan fingerprint density at radius 2 is 1.77 bits per heavy atom. The van der Waals surface area contributed by atoms with E-state index in [0.717, 1.165) is 11.3 Å². The maximum absolute atomic E-state index is 12.2. The van der Waals surface area contributed by atoms with E-state index in [4.69, 9.17) is 14.2 Å². The second-order valence-electron chi connectivity index (χ2n) is 5.06. The lowest BCUT2D eigenvalue weighted by molar-refractivity contribution is 0.0435. The number of benzene rings is 2. The summed E-state index contributed by atoms with van der Waals surface area (Å²) in [5.41, 5.74) is 3.20. The molecule has 0 aliphatic carbocycles. The van der Waals surface area contributed by atoms with Gasteiger partial charge < -0.3 is 19.5 Å². The molecule has 0 bridgehead atoms. The molecule has 0 unspecified atom stereocenters. The summed E-state index contributed by atoms with van der Waals surface area (Å²) in [6, 6.07) is 11.5. The van der Waals surface area contributed by atoms with Crippen LogP contribution < -0.4 is 14.8 Å². The lowest BCUT2D eigenvalue weighted by Crippen LogP contribution is -2.10. The third-order valence-corrected chi connectivity index (χ3v) is 3.64. The number of methoxy groups -OCH3 is 2. The highest BCUT2D eigenvalue weighted by atomic mass is 16.6. The molecule has 0 saturated carbocycles. The van der Waals surface area contributed by atoms with Gasteiger partial charge >= 0.3 is 5.97 Å². The highest BCUT2D eigenvalue weighted by molar-refractivity contribution is 5.98. The lowest BCUT2D eigenvalue weighted by atomic mass is 10.1. The molecule has 114 valence electrons. The maximum Gasteiger partial charge on any atom is 0.344 e. The quantitative estimate of drug-likeness (QED) is 0.878. The van der Waals surface area contributed by atoms with Gasteiger partial charge in [0, 0.05) is 11.3 Å². The monoisotopic (exact) mass is 299 g/mol. The Labute approximate surface area is 128 Å². The van der Waals surface area contributed by atoms with E-state index in [1.165, 1.54) is 19.8 Å². The fourth-order valence-corrected chi connectivity index (χ4v) is 2.51. The zero-order valence-electron chi connectivity index (χ0n) is 12.7. The summed E-state index contributed by atoms with van der Waals surface area (Å²) in [5.74, 6) is 0.489. The van der Waals surface area contributed by atoms with Gasteiger partial charge in [-0.15, -0.1) is 0 Å². The molecule has 2 aromatic rings. The van der Waals surface area contributed by atoms with Crippen LogP contribution in [0.25, 0.3) is 0 Å². The number of fused-ring (bicyclic) bond motifs is 1. The molecule has 0 saturated heterocycles. The van der Waals surface area contributed by atoms with E-state index in [2.05, 4.69) is 5.32 Å². The molecule has 1 aliphatic heterocycles. The number of hydrogen-bond donors (Lipinski definition) is 1. The minimum absolute atomic E-state index is 0.401. The minimum Gasteiger partial charge on any atom is -0.493 e. The Morgan fingerprint density at radius 3 is 2.41 bits per heavy atom. The average Bonchev–Trinajstić information content (AvgIpc) is 2.85. The second-order valence-corrected chi connectivity index (χ2v) is 5.06. The molecular formula is C17H17NO4. The van der Waals surface area contributed by atoms with Crippen LogP contribution >= 0.6 is 0 Å². The number of carbonyl (C=O) groups excluding carboxylic acids is 1. The van der Waals surface area contributed by atoms with Crippen LogP contribution in [0.15, 0.2) is 36.4 Å². The van der Waals surface area contributed by atoms with Gasteiger partial charge in [-0.25, -0.2) is 4.79 Å². The summed E-state index contributed by atoms with van der Waals surface area (Å²) in [7, 11) is 3.04. The predicted octanol–water partition coefficient (Wildman–Crippen LogP) is 3.29. The van der Waals surface area contributed by atoms with E-state index >= 15 is 0 Å². The SMILES string of the molecule is COc1ccc2c(c1OC)C(=O)O[C@H]2Nc1ccc(C)cc1. The summed E-state index contributed by atoms with van der Waals surface area (Å²) in [6.07, 6.45) is -0.537. The maximum atomic E-state index is 12.2. The van der Waals surface area contributed by atoms with Gasteiger partial charge in [-0.1, -0.05) is 17.7 Å². The molecular weight excluding hydrogens is 282 g/mol. The topological polar surface area (TPSA) is 56.8 Å². The normalized spacial score (nSPS) is 16.0. The number of anilines is 1. The zero-order valence-corrected chi connectivity index (χ0v) is 12.7. The van der Waals surface area contributed by atoms with Gasteiger partial charge in [-0.05, 0) is 31.2 Å². The third kappa shape index (κ3) is 2.35. The van der Waals surface area contributed by atoms with Gasteiger partial charge in [0.05, 0.1) is 14.2 Å². The van der Waals surface area contributed by atoms with Crippen LogP contribution in [0.5, 0.6) is 11.5 Å². The van der Waals surface area contributed by atoms with E-state index in [0.29, 0.717) is 17.1 Å². The van der Waals surface area contributed by atoms with Crippen molar-refractivity contribution in [2.45, 2.75) is 13.2 Å². The van der Waals surface area contributed by atoms with Crippen molar-refractivity contribution in [1.82, 2.24) is 0 Å². The highest BCUT2D eigenvalue weighted by Crippen LogP contribution is 2.41. The largest absolute Gasteiger partial charge is 0.493 e. The molecule has 0 radical (unpaired) electrons. The molecule has 0 amide bonds. The van der Waals surface area contributed by atoms with E-state index in [1.54, 1.807) is 6.07 Å². The zero-order chi connectivity index (χ0) is 15.7. The first-order valence-corrected chi connectivity index (χ1v) is 6.93. The number of esters is 1. The Balaban J connectivity index is 1.96. The van der Waals surface area contributed by atoms with Crippen LogP contribution in [0.4, 0.5) is 5.69 Å². The summed E-state index contributed by atoms with van der Waals surface area (Å²) in [4.78, 5) is 12.2. The van der Waals surface area contributed by atoms with E-state index in [9.17, 15) is 4.79 Å². The first-order valence-electron chi connectivity index (χ1n) is 6.93. The van der Waals surface area contributed by atoms with Gasteiger partial charge in [0.2, 0.25) is 6.23 Å². The smallest absolute Gasteiger partial charge is 0.344 e. The van der Waals surface area contributed by atoms with Crippen LogP contribution in [-0.2, 0) is 4.74 Å². The van der Waals surface area contributed by atoms with Crippen molar-refractivity contribution in [2.75, 3.05) is 19.5 Å². The van der Waals surface area contributed by atoms with Crippen LogP contribution in [0.3, 0.4) is 0 Å². The van der Waals surface area contributed by atoms with Gasteiger partial charge in [-0.2, -0.15) is 0 Å². The predicted molar refractivity (Wildman–Crippen MR) is 82.5 cm³/mol. The van der Waals surface area contributed by atoms with Crippen molar-refractivity contribution in [1.29, 1.82) is 0 Å². The van der Waals surface area contributed by atoms with Crippen LogP contribution in [0.1, 0.15) is 27.7 Å². The number of carbonyl (C=O) groups is 1. The molecule has 1 aliphatic rings. The molecule has 1 atom stereocenters. The number of nitrogens with one attached hydrogen (secondary N) is 1. The van der Waals surface area contributed by atoms with Crippen molar-refractivity contribution >= 4 is 11.7 Å². The number of aryl methyl sites for hydroxylation is 1. The molecule has 1 N–H and O–H groups in total. The van der Waals surface area contributed by atoms with Gasteiger partial charge in [0.1, 0.15) is 5.56 Å². The van der Waals surface area contributed by atoms with Crippen LogP contribution in [0, 0.1) is 6.92 Å². The fourth-order valence-electron chi connectivity index (χ4n) is 2.51. The second kappa shape index (κ2) is 5.60. The van der Waals surface area contributed by atoms with Crippen molar-refractivity contribution in [3.63, 3.8) is 0 Å². The van der Waals surface area contributed by atoms with E-state index in [-0.39, 0.29) is 0 Å². The molecule has 5 nitrogen and oxygen atoms in total. The molecule has 2 aromatic carbocycles. The van der Waals surface area contributed by atoms with E-state index < -0.39 is 12.2 Å².